The standard InChI is InChI=1S/C10H11ClN2O2/c11-6-9(14)12-7-10(15)13-8-4-2-1-3-5-8/h1-5H,6-7H2,(H,12,14)(H,13,15). The van der Waals surface area contributed by atoms with Crippen LogP contribution in [-0.4, -0.2) is 24.2 Å². The topological polar surface area (TPSA) is 58.2 Å². The molecule has 0 spiro atoms. The molecule has 0 aromatic heterocycles. The first-order valence-electron chi connectivity index (χ1n) is 4.40. The van der Waals surface area contributed by atoms with Gasteiger partial charge in [-0.3, -0.25) is 9.59 Å². The lowest BCUT2D eigenvalue weighted by atomic mass is 10.3. The second-order valence-corrected chi connectivity index (χ2v) is 3.09. The number of nitrogens with one attached hydrogen (secondary N) is 2. The van der Waals surface area contributed by atoms with E-state index in [4.69, 9.17) is 11.6 Å². The molecule has 15 heavy (non-hydrogen) atoms. The summed E-state index contributed by atoms with van der Waals surface area (Å²) in [5.74, 6) is -0.780. The Labute approximate surface area is 92.6 Å². The Morgan fingerprint density at radius 3 is 2.40 bits per heavy atom. The first-order valence-corrected chi connectivity index (χ1v) is 4.93. The average molecular weight is 227 g/mol. The van der Waals surface area contributed by atoms with Gasteiger partial charge in [-0.2, -0.15) is 0 Å². The predicted octanol–water partition coefficient (Wildman–Crippen LogP) is 0.980. The van der Waals surface area contributed by atoms with Crippen molar-refractivity contribution in [2.75, 3.05) is 17.7 Å². The lowest BCUT2D eigenvalue weighted by Crippen LogP contribution is -2.33. The fourth-order valence-electron chi connectivity index (χ4n) is 0.953. The van der Waals surface area contributed by atoms with Crippen molar-refractivity contribution in [3.63, 3.8) is 0 Å². The van der Waals surface area contributed by atoms with Crippen molar-refractivity contribution in [3.05, 3.63) is 30.3 Å². The van der Waals surface area contributed by atoms with Gasteiger partial charge in [-0.25, -0.2) is 0 Å². The van der Waals surface area contributed by atoms with Crippen molar-refractivity contribution in [1.29, 1.82) is 0 Å². The van der Waals surface area contributed by atoms with Gasteiger partial charge >= 0.3 is 0 Å². The highest BCUT2D eigenvalue weighted by molar-refractivity contribution is 6.27. The van der Waals surface area contributed by atoms with Gasteiger partial charge in [0, 0.05) is 5.69 Å². The van der Waals surface area contributed by atoms with Gasteiger partial charge in [0.05, 0.1) is 6.54 Å². The van der Waals surface area contributed by atoms with E-state index in [0.29, 0.717) is 5.69 Å². The molecule has 1 aromatic carbocycles. The predicted molar refractivity (Wildman–Crippen MR) is 58.8 cm³/mol. The van der Waals surface area contributed by atoms with E-state index in [1.54, 1.807) is 12.1 Å². The second-order valence-electron chi connectivity index (χ2n) is 2.82. The SMILES string of the molecule is O=C(CCl)NCC(=O)Nc1ccccc1. The molecule has 1 aromatic rings. The summed E-state index contributed by atoms with van der Waals surface area (Å²) in [6.45, 7) is -0.0690. The molecule has 0 radical (unpaired) electrons. The van der Waals surface area contributed by atoms with Gasteiger partial charge in [-0.1, -0.05) is 18.2 Å². The zero-order chi connectivity index (χ0) is 11.1. The van der Waals surface area contributed by atoms with Crippen molar-refractivity contribution in [2.45, 2.75) is 0 Å². The fourth-order valence-corrected chi connectivity index (χ4v) is 1.05. The molecule has 80 valence electrons. The molecule has 0 saturated carbocycles. The summed E-state index contributed by atoms with van der Waals surface area (Å²) in [5.41, 5.74) is 0.697. The van der Waals surface area contributed by atoms with Gasteiger partial charge in [-0.15, -0.1) is 11.6 Å². The maximum atomic E-state index is 11.3. The number of carbonyl (C=O) groups excluding carboxylic acids is 2. The number of carbonyl (C=O) groups is 2. The van der Waals surface area contributed by atoms with Crippen LogP contribution in [0, 0.1) is 0 Å². The smallest absolute Gasteiger partial charge is 0.243 e. The largest absolute Gasteiger partial charge is 0.346 e. The van der Waals surface area contributed by atoms with E-state index >= 15 is 0 Å². The van der Waals surface area contributed by atoms with E-state index in [1.165, 1.54) is 0 Å². The van der Waals surface area contributed by atoms with Crippen LogP contribution in [0.25, 0.3) is 0 Å². The Morgan fingerprint density at radius 1 is 1.13 bits per heavy atom. The second kappa shape index (κ2) is 6.03. The van der Waals surface area contributed by atoms with Crippen LogP contribution >= 0.6 is 11.6 Å². The van der Waals surface area contributed by atoms with Crippen LogP contribution in [0.15, 0.2) is 30.3 Å². The minimum Gasteiger partial charge on any atom is -0.346 e. The zero-order valence-electron chi connectivity index (χ0n) is 8.00. The maximum absolute atomic E-state index is 11.3. The number of anilines is 1. The van der Waals surface area contributed by atoms with Crippen LogP contribution in [0.3, 0.4) is 0 Å². The molecule has 0 aliphatic rings. The van der Waals surface area contributed by atoms with Gasteiger partial charge < -0.3 is 10.6 Å². The summed E-state index contributed by atoms with van der Waals surface area (Å²) in [4.78, 5) is 22.0. The Morgan fingerprint density at radius 2 is 1.80 bits per heavy atom. The van der Waals surface area contributed by atoms with Crippen molar-refractivity contribution >= 4 is 29.1 Å². The van der Waals surface area contributed by atoms with Crippen LogP contribution in [0.1, 0.15) is 0 Å². The lowest BCUT2D eigenvalue weighted by molar-refractivity contribution is -0.122. The van der Waals surface area contributed by atoms with Crippen LogP contribution in [-0.2, 0) is 9.59 Å². The van der Waals surface area contributed by atoms with Gasteiger partial charge in [0.2, 0.25) is 11.8 Å². The van der Waals surface area contributed by atoms with Crippen molar-refractivity contribution in [1.82, 2.24) is 5.32 Å². The molecule has 0 atom stereocenters. The number of amides is 2. The van der Waals surface area contributed by atoms with Crippen molar-refractivity contribution in [2.24, 2.45) is 0 Å². The molecule has 0 unspecified atom stereocenters. The zero-order valence-corrected chi connectivity index (χ0v) is 8.75. The molecular formula is C10H11ClN2O2. The third-order valence-corrected chi connectivity index (χ3v) is 1.87. The molecule has 2 N–H and O–H groups in total. The van der Waals surface area contributed by atoms with E-state index in [-0.39, 0.29) is 24.2 Å². The summed E-state index contributed by atoms with van der Waals surface area (Å²) in [5, 5.41) is 4.99. The third-order valence-electron chi connectivity index (χ3n) is 1.63. The normalized spacial score (nSPS) is 9.40. The van der Waals surface area contributed by atoms with Gasteiger partial charge in [0.1, 0.15) is 5.88 Å². The van der Waals surface area contributed by atoms with E-state index in [1.807, 2.05) is 18.2 Å². The highest BCUT2D eigenvalue weighted by Crippen LogP contribution is 2.03. The number of halogens is 1. The quantitative estimate of drug-likeness (QED) is 0.752. The molecular weight excluding hydrogens is 216 g/mol. The minimum atomic E-state index is -0.361. The molecule has 0 aliphatic heterocycles. The van der Waals surface area contributed by atoms with E-state index < -0.39 is 0 Å². The van der Waals surface area contributed by atoms with E-state index in [9.17, 15) is 9.59 Å². The number of para-hydroxylation sites is 1. The van der Waals surface area contributed by atoms with Crippen LogP contribution in [0.5, 0.6) is 0 Å². The van der Waals surface area contributed by atoms with Crippen molar-refractivity contribution in [3.8, 4) is 0 Å². The Balaban J connectivity index is 2.34. The fraction of sp³-hybridized carbons (Fsp3) is 0.200. The highest BCUT2D eigenvalue weighted by Gasteiger charge is 2.03. The summed E-state index contributed by atoms with van der Waals surface area (Å²) in [6.07, 6.45) is 0. The van der Waals surface area contributed by atoms with Gasteiger partial charge in [0.15, 0.2) is 0 Å². The van der Waals surface area contributed by atoms with Crippen molar-refractivity contribution < 1.29 is 9.59 Å². The number of hydrogen-bond donors (Lipinski definition) is 2. The monoisotopic (exact) mass is 226 g/mol. The molecule has 0 bridgehead atoms. The Hall–Kier alpha value is -1.55. The molecule has 0 fully saturated rings. The third kappa shape index (κ3) is 4.46. The van der Waals surface area contributed by atoms with Gasteiger partial charge in [-0.05, 0) is 12.1 Å². The summed E-state index contributed by atoms with van der Waals surface area (Å²) >= 11 is 5.25. The number of benzene rings is 1. The lowest BCUT2D eigenvalue weighted by Gasteiger charge is -2.05. The first kappa shape index (κ1) is 11.5. The first-order chi connectivity index (χ1) is 7.22. The van der Waals surface area contributed by atoms with Crippen LogP contribution in [0.2, 0.25) is 0 Å². The summed E-state index contributed by atoms with van der Waals surface area (Å²) < 4.78 is 0. The van der Waals surface area contributed by atoms with E-state index in [0.717, 1.165) is 0 Å². The van der Waals surface area contributed by atoms with E-state index in [2.05, 4.69) is 10.6 Å². The number of hydrogen-bond acceptors (Lipinski definition) is 2. The van der Waals surface area contributed by atoms with Gasteiger partial charge in [0.25, 0.3) is 0 Å². The minimum absolute atomic E-state index is 0.0690. The van der Waals surface area contributed by atoms with Crippen LogP contribution in [0.4, 0.5) is 5.69 Å². The Kier molecular flexibility index (Phi) is 4.63. The summed E-state index contributed by atoms with van der Waals surface area (Å²) in [7, 11) is 0. The number of rotatable bonds is 4. The highest BCUT2D eigenvalue weighted by atomic mass is 35.5. The molecule has 0 aliphatic carbocycles. The molecule has 0 heterocycles. The summed E-state index contributed by atoms with van der Waals surface area (Å²) in [6, 6.07) is 9.01. The molecule has 0 saturated heterocycles. The van der Waals surface area contributed by atoms with Crippen LogP contribution < -0.4 is 10.6 Å². The molecule has 2 amide bonds. The number of alkyl halides is 1. The molecule has 5 heteroatoms. The maximum Gasteiger partial charge on any atom is 0.243 e. The average Bonchev–Trinajstić information content (AvgIpc) is 2.27. The Bertz CT molecular complexity index is 341. The molecule has 1 rings (SSSR count). The molecule has 4 nitrogen and oxygen atoms in total.